The zero-order valence-electron chi connectivity index (χ0n) is 9.60. The molecule has 96 valence electrons. The van der Waals surface area contributed by atoms with E-state index >= 15 is 0 Å². The van der Waals surface area contributed by atoms with Gasteiger partial charge in [-0.15, -0.1) is 0 Å². The second-order valence-electron chi connectivity index (χ2n) is 3.79. The molecule has 0 radical (unpaired) electrons. The van der Waals surface area contributed by atoms with Crippen LogP contribution in [0.5, 0.6) is 0 Å². The Kier molecular flexibility index (Phi) is 4.95. The summed E-state index contributed by atoms with van der Waals surface area (Å²) in [5.41, 5.74) is 0.802. The maximum Gasteiger partial charge on any atom is 0.196 e. The van der Waals surface area contributed by atoms with Gasteiger partial charge in [0.2, 0.25) is 0 Å². The van der Waals surface area contributed by atoms with Gasteiger partial charge in [0, 0.05) is 23.7 Å². The van der Waals surface area contributed by atoms with Crippen molar-refractivity contribution in [1.82, 2.24) is 4.90 Å². The highest BCUT2D eigenvalue weighted by molar-refractivity contribution is 7.80. The molecule has 0 atom stereocenters. The van der Waals surface area contributed by atoms with Gasteiger partial charge in [-0.1, -0.05) is 35.3 Å². The molecule has 0 spiro atoms. The molecule has 1 saturated heterocycles. The zero-order chi connectivity index (χ0) is 13.0. The average Bonchev–Trinajstić information content (AvgIpc) is 2.40. The van der Waals surface area contributed by atoms with Crippen LogP contribution in [0.3, 0.4) is 0 Å². The van der Waals surface area contributed by atoms with E-state index in [4.69, 9.17) is 40.2 Å². The van der Waals surface area contributed by atoms with Crippen molar-refractivity contribution in [2.75, 3.05) is 26.3 Å². The highest BCUT2D eigenvalue weighted by Crippen LogP contribution is 2.13. The van der Waals surface area contributed by atoms with E-state index in [1.165, 1.54) is 0 Å². The maximum absolute atomic E-state index is 6.13. The van der Waals surface area contributed by atoms with Gasteiger partial charge in [-0.25, -0.2) is 4.99 Å². The highest BCUT2D eigenvalue weighted by atomic mass is 35.5. The first kappa shape index (κ1) is 13.7. The Morgan fingerprint density at radius 2 is 1.83 bits per heavy atom. The summed E-state index contributed by atoms with van der Waals surface area (Å²) in [4.78, 5) is 6.22. The predicted octanol–water partition coefficient (Wildman–Crippen LogP) is 2.94. The first-order valence-electron chi connectivity index (χ1n) is 5.53. The normalized spacial score (nSPS) is 16.8. The van der Waals surface area contributed by atoms with Crippen molar-refractivity contribution in [3.05, 3.63) is 34.9 Å². The lowest BCUT2D eigenvalue weighted by Gasteiger charge is -2.26. The van der Waals surface area contributed by atoms with Gasteiger partial charge in [0.05, 0.1) is 13.2 Å². The summed E-state index contributed by atoms with van der Waals surface area (Å²) in [6.45, 7) is 2.86. The van der Waals surface area contributed by atoms with E-state index in [0.29, 0.717) is 28.5 Å². The Labute approximate surface area is 121 Å². The summed E-state index contributed by atoms with van der Waals surface area (Å²) in [5.74, 6) is 0. The molecule has 0 amide bonds. The van der Waals surface area contributed by atoms with Crippen LogP contribution in [0.2, 0.25) is 5.02 Å². The average molecular weight is 303 g/mol. The minimum atomic E-state index is 0.378. The monoisotopic (exact) mass is 302 g/mol. The fourth-order valence-electron chi connectivity index (χ4n) is 1.56. The maximum atomic E-state index is 6.13. The van der Waals surface area contributed by atoms with Gasteiger partial charge >= 0.3 is 0 Å². The van der Waals surface area contributed by atoms with Crippen LogP contribution in [-0.4, -0.2) is 41.5 Å². The summed E-state index contributed by atoms with van der Waals surface area (Å²) in [5, 5.41) is 1.54. The van der Waals surface area contributed by atoms with Crippen molar-refractivity contribution in [2.45, 2.75) is 0 Å². The van der Waals surface area contributed by atoms with Gasteiger partial charge in [0.1, 0.15) is 5.17 Å². The molecule has 1 heterocycles. The summed E-state index contributed by atoms with van der Waals surface area (Å²) < 4.78 is 5.26. The van der Waals surface area contributed by atoms with E-state index in [1.807, 2.05) is 17.0 Å². The number of benzene rings is 1. The molecule has 1 aromatic rings. The second kappa shape index (κ2) is 6.48. The van der Waals surface area contributed by atoms with Gasteiger partial charge in [0.15, 0.2) is 5.11 Å². The molecular formula is C12H12Cl2N2OS. The van der Waals surface area contributed by atoms with Gasteiger partial charge in [-0.05, 0) is 24.4 Å². The van der Waals surface area contributed by atoms with Crippen LogP contribution in [0.4, 0.5) is 0 Å². The van der Waals surface area contributed by atoms with Crippen molar-refractivity contribution in [3.63, 3.8) is 0 Å². The molecule has 1 aliphatic rings. The molecule has 3 nitrogen and oxygen atoms in total. The molecular weight excluding hydrogens is 291 g/mol. The van der Waals surface area contributed by atoms with Crippen LogP contribution in [-0.2, 0) is 4.74 Å². The standard InChI is InChI=1S/C12H12Cl2N2OS/c13-10-3-1-9(2-4-10)11(14)15-12(18)16-5-7-17-8-6-16/h1-4H,5-8H2/b15-11-. The Hall–Kier alpha value is -0.680. The summed E-state index contributed by atoms with van der Waals surface area (Å²) in [6, 6.07) is 7.17. The number of aliphatic imine (C=N–C) groups is 1. The number of rotatable bonds is 1. The summed E-state index contributed by atoms with van der Waals surface area (Å²) in [7, 11) is 0. The van der Waals surface area contributed by atoms with E-state index < -0.39 is 0 Å². The fourth-order valence-corrected chi connectivity index (χ4v) is 2.22. The largest absolute Gasteiger partial charge is 0.378 e. The van der Waals surface area contributed by atoms with E-state index in [-0.39, 0.29) is 0 Å². The summed E-state index contributed by atoms with van der Waals surface area (Å²) >= 11 is 17.2. The number of hydrogen-bond donors (Lipinski definition) is 0. The van der Waals surface area contributed by atoms with Crippen molar-refractivity contribution < 1.29 is 4.74 Å². The fraction of sp³-hybridized carbons (Fsp3) is 0.333. The molecule has 0 aliphatic carbocycles. The number of halogens is 2. The number of nitrogens with zero attached hydrogens (tertiary/aromatic N) is 2. The number of thiocarbonyl (C=S) groups is 1. The van der Waals surface area contributed by atoms with Crippen LogP contribution in [0.15, 0.2) is 29.3 Å². The lowest BCUT2D eigenvalue weighted by molar-refractivity contribution is 0.0686. The molecule has 6 heteroatoms. The topological polar surface area (TPSA) is 24.8 Å². The molecule has 1 aromatic carbocycles. The van der Waals surface area contributed by atoms with E-state index in [0.717, 1.165) is 18.7 Å². The van der Waals surface area contributed by atoms with Crippen molar-refractivity contribution in [2.24, 2.45) is 4.99 Å². The highest BCUT2D eigenvalue weighted by Gasteiger charge is 2.13. The molecule has 0 unspecified atom stereocenters. The summed E-state index contributed by atoms with van der Waals surface area (Å²) in [6.07, 6.45) is 0. The van der Waals surface area contributed by atoms with Crippen molar-refractivity contribution >= 4 is 45.7 Å². The number of ether oxygens (including phenoxy) is 1. The van der Waals surface area contributed by atoms with Crippen molar-refractivity contribution in [1.29, 1.82) is 0 Å². The van der Waals surface area contributed by atoms with Gasteiger partial charge in [-0.3, -0.25) is 0 Å². The minimum absolute atomic E-state index is 0.378. The molecule has 2 rings (SSSR count). The third-order valence-corrected chi connectivity index (χ3v) is 3.46. The molecule has 0 N–H and O–H groups in total. The lowest BCUT2D eigenvalue weighted by Crippen LogP contribution is -2.39. The molecule has 1 fully saturated rings. The molecule has 0 aromatic heterocycles. The first-order chi connectivity index (χ1) is 8.66. The third kappa shape index (κ3) is 3.65. The quantitative estimate of drug-likeness (QED) is 0.589. The van der Waals surface area contributed by atoms with Gasteiger partial charge in [-0.2, -0.15) is 0 Å². The second-order valence-corrected chi connectivity index (χ2v) is 4.95. The Balaban J connectivity index is 2.07. The van der Waals surface area contributed by atoms with E-state index in [1.54, 1.807) is 12.1 Å². The lowest BCUT2D eigenvalue weighted by atomic mass is 10.2. The first-order valence-corrected chi connectivity index (χ1v) is 6.70. The van der Waals surface area contributed by atoms with Crippen LogP contribution in [0.25, 0.3) is 0 Å². The minimum Gasteiger partial charge on any atom is -0.378 e. The molecule has 0 saturated carbocycles. The van der Waals surface area contributed by atoms with Crippen LogP contribution in [0, 0.1) is 0 Å². The van der Waals surface area contributed by atoms with Gasteiger partial charge < -0.3 is 9.64 Å². The van der Waals surface area contributed by atoms with Crippen LogP contribution in [0.1, 0.15) is 5.56 Å². The SMILES string of the molecule is S=C(/N=C(\Cl)c1ccc(Cl)cc1)N1CCOCC1. The number of morpholine rings is 1. The Morgan fingerprint density at radius 3 is 2.44 bits per heavy atom. The third-order valence-electron chi connectivity index (χ3n) is 2.56. The Morgan fingerprint density at radius 1 is 1.22 bits per heavy atom. The van der Waals surface area contributed by atoms with Gasteiger partial charge in [0.25, 0.3) is 0 Å². The smallest absolute Gasteiger partial charge is 0.196 e. The van der Waals surface area contributed by atoms with Crippen LogP contribution >= 0.6 is 35.4 Å². The number of hydrogen-bond acceptors (Lipinski definition) is 2. The van der Waals surface area contributed by atoms with E-state index in [9.17, 15) is 0 Å². The zero-order valence-corrected chi connectivity index (χ0v) is 11.9. The molecule has 0 bridgehead atoms. The van der Waals surface area contributed by atoms with E-state index in [2.05, 4.69) is 4.99 Å². The van der Waals surface area contributed by atoms with Crippen molar-refractivity contribution in [3.8, 4) is 0 Å². The van der Waals surface area contributed by atoms with Crippen LogP contribution < -0.4 is 0 Å². The molecule has 18 heavy (non-hydrogen) atoms. The molecule has 1 aliphatic heterocycles. The predicted molar refractivity (Wildman–Crippen MR) is 78.8 cm³/mol. The Bertz CT molecular complexity index is 456.